The number of carbonyl (C=O) groups excluding carboxylic acids is 2. The normalized spacial score (nSPS) is 48.6. The summed E-state index contributed by atoms with van der Waals surface area (Å²) in [7, 11) is 3.35. The molecule has 0 aromatic heterocycles. The second-order valence-corrected chi connectivity index (χ2v) is 18.8. The van der Waals surface area contributed by atoms with Crippen LogP contribution in [0.5, 0.6) is 5.75 Å². The number of aliphatic hydroxyl groups excluding tert-OH is 3. The molecular formula is C43H62O14. The van der Waals surface area contributed by atoms with E-state index in [2.05, 4.69) is 13.8 Å². The predicted octanol–water partition coefficient (Wildman–Crippen LogP) is 3.38. The van der Waals surface area contributed by atoms with Gasteiger partial charge in [-0.2, -0.15) is 0 Å². The van der Waals surface area contributed by atoms with Gasteiger partial charge in [0.05, 0.1) is 43.7 Å². The third-order valence-corrected chi connectivity index (χ3v) is 16.3. The highest BCUT2D eigenvalue weighted by Gasteiger charge is 2.79. The number of hydrogen-bond donors (Lipinski definition) is 4. The summed E-state index contributed by atoms with van der Waals surface area (Å²) < 4.78 is 47.9. The molecule has 14 heteroatoms. The second-order valence-electron chi connectivity index (χ2n) is 18.8. The Labute approximate surface area is 334 Å². The molecule has 2 saturated heterocycles. The van der Waals surface area contributed by atoms with Crippen LogP contribution in [0.3, 0.4) is 0 Å². The Balaban J connectivity index is 1.05. The quantitative estimate of drug-likeness (QED) is 0.252. The number of benzene rings is 1. The Bertz CT molecular complexity index is 1660. The van der Waals surface area contributed by atoms with Gasteiger partial charge in [0.15, 0.2) is 24.8 Å². The SMILES string of the molecule is COc1ccc(C(=O)O[C@H]2[C@H](O[C@@H]3[C@@H](OC(C)=O)[C@H](O[C@H]4C[C@H]5[C@@H]6C[C@@H](OC)[C@]78C[C@H]7CC[C@]8(C)[C@H]6CC[C@]5(C)[C@@]4(O)C(C)C)OC[C@@H]3O)OC[C@@H](O)[C@@H]2O)cc1. The van der Waals surface area contributed by atoms with Crippen molar-refractivity contribution in [2.24, 2.45) is 45.8 Å². The summed E-state index contributed by atoms with van der Waals surface area (Å²) in [5.74, 6) is 0.535. The first kappa shape index (κ1) is 41.3. The molecule has 1 aromatic rings. The Hall–Kier alpha value is -2.40. The van der Waals surface area contributed by atoms with Crippen molar-refractivity contribution in [1.82, 2.24) is 0 Å². The maximum Gasteiger partial charge on any atom is 0.338 e. The molecular weight excluding hydrogens is 740 g/mol. The topological polar surface area (TPSA) is 189 Å². The minimum atomic E-state index is -1.61. The third kappa shape index (κ3) is 6.29. The van der Waals surface area contributed by atoms with Crippen LogP contribution in [0.4, 0.5) is 0 Å². The molecule has 2 heterocycles. The molecule has 5 saturated carbocycles. The summed E-state index contributed by atoms with van der Waals surface area (Å²) in [6.07, 6.45) is -4.79. The van der Waals surface area contributed by atoms with E-state index < -0.39 is 78.3 Å². The Morgan fingerprint density at radius 2 is 1.47 bits per heavy atom. The number of aliphatic hydroxyl groups is 4. The van der Waals surface area contributed by atoms with E-state index in [1.54, 1.807) is 12.1 Å². The van der Waals surface area contributed by atoms with Crippen LogP contribution in [0.1, 0.15) is 89.9 Å². The minimum Gasteiger partial charge on any atom is -0.497 e. The molecule has 57 heavy (non-hydrogen) atoms. The molecule has 5 aliphatic carbocycles. The van der Waals surface area contributed by atoms with Crippen LogP contribution in [0.15, 0.2) is 24.3 Å². The van der Waals surface area contributed by atoms with Crippen molar-refractivity contribution < 1.29 is 67.9 Å². The highest BCUT2D eigenvalue weighted by molar-refractivity contribution is 5.89. The van der Waals surface area contributed by atoms with Gasteiger partial charge >= 0.3 is 11.9 Å². The highest BCUT2D eigenvalue weighted by Crippen LogP contribution is 2.82. The van der Waals surface area contributed by atoms with Gasteiger partial charge in [-0.3, -0.25) is 4.79 Å². The van der Waals surface area contributed by atoms with Gasteiger partial charge in [-0.05, 0) is 104 Å². The standard InChI is InChI=1S/C43H62O14/c1-21(2)43(49)32(17-28-26-16-31(51-7)42-18-24(42)12-14-40(42,4)27(26)13-15-41(28,43)5)55-39-36(54-22(3)44)34(30(46)20-53-39)57-38-35(33(47)29(45)19-52-38)56-37(48)23-8-10-25(50-6)11-9-23/h8-11,21,24,26-36,38-39,45-47,49H,12-20H2,1-7H3/t24-,26-,27+,28+,29-,30+,31-,32+,33+,34+,35-,36-,38+,39+,40-,41+,42+,43-/m1/s1. The molecule has 7 aliphatic rings. The van der Waals surface area contributed by atoms with Crippen LogP contribution in [0.25, 0.3) is 0 Å². The van der Waals surface area contributed by atoms with Crippen molar-refractivity contribution in [2.45, 2.75) is 147 Å². The number of ether oxygens (including phenoxy) is 8. The van der Waals surface area contributed by atoms with Crippen molar-refractivity contribution in [3.8, 4) is 5.75 Å². The Morgan fingerprint density at radius 1 is 0.807 bits per heavy atom. The fourth-order valence-electron chi connectivity index (χ4n) is 13.4. The molecule has 318 valence electrons. The van der Waals surface area contributed by atoms with Gasteiger partial charge in [-0.15, -0.1) is 0 Å². The smallest absolute Gasteiger partial charge is 0.338 e. The van der Waals surface area contributed by atoms with Crippen LogP contribution in [0.2, 0.25) is 0 Å². The van der Waals surface area contributed by atoms with Crippen molar-refractivity contribution in [3.63, 3.8) is 0 Å². The van der Waals surface area contributed by atoms with Crippen LogP contribution in [0, 0.1) is 45.8 Å². The first-order valence-corrected chi connectivity index (χ1v) is 20.9. The summed E-state index contributed by atoms with van der Waals surface area (Å²) in [5, 5.41) is 45.9. The average molecular weight is 803 g/mol. The maximum atomic E-state index is 13.2. The van der Waals surface area contributed by atoms with Crippen LogP contribution in [-0.4, -0.2) is 127 Å². The first-order valence-electron chi connectivity index (χ1n) is 20.9. The number of carbonyl (C=O) groups is 2. The highest BCUT2D eigenvalue weighted by atomic mass is 16.8. The second kappa shape index (κ2) is 14.9. The summed E-state index contributed by atoms with van der Waals surface area (Å²) in [4.78, 5) is 25.9. The zero-order valence-corrected chi connectivity index (χ0v) is 34.2. The molecule has 0 bridgehead atoms. The molecule has 4 N–H and O–H groups in total. The number of methoxy groups -OCH3 is 2. The molecule has 2 aliphatic heterocycles. The van der Waals surface area contributed by atoms with Crippen molar-refractivity contribution in [1.29, 1.82) is 0 Å². The van der Waals surface area contributed by atoms with Gasteiger partial charge < -0.3 is 58.3 Å². The molecule has 1 aromatic carbocycles. The molecule has 0 amide bonds. The van der Waals surface area contributed by atoms with Gasteiger partial charge in [-0.25, -0.2) is 4.79 Å². The zero-order chi connectivity index (χ0) is 40.8. The van der Waals surface area contributed by atoms with E-state index >= 15 is 0 Å². The van der Waals surface area contributed by atoms with Gasteiger partial charge in [0, 0.05) is 24.9 Å². The van der Waals surface area contributed by atoms with Gasteiger partial charge in [0.25, 0.3) is 0 Å². The minimum absolute atomic E-state index is 0.136. The first-order chi connectivity index (χ1) is 27.0. The summed E-state index contributed by atoms with van der Waals surface area (Å²) in [6.45, 7) is 9.34. The predicted molar refractivity (Wildman–Crippen MR) is 201 cm³/mol. The lowest BCUT2D eigenvalue weighted by Crippen LogP contribution is -2.64. The maximum absolute atomic E-state index is 13.2. The number of esters is 2. The van der Waals surface area contributed by atoms with E-state index in [1.807, 2.05) is 21.0 Å². The van der Waals surface area contributed by atoms with E-state index in [0.717, 1.165) is 25.2 Å². The number of rotatable bonds is 10. The summed E-state index contributed by atoms with van der Waals surface area (Å²) in [5.41, 5.74) is -1.16. The fraction of sp³-hybridized carbons (Fsp3) is 0.814. The van der Waals surface area contributed by atoms with Crippen LogP contribution in [-0.2, 0) is 38.0 Å². The number of fused-ring (bicyclic) bond motifs is 4. The van der Waals surface area contributed by atoms with Crippen molar-refractivity contribution >= 4 is 11.9 Å². The number of hydrogen-bond acceptors (Lipinski definition) is 14. The average Bonchev–Trinajstić information content (AvgIpc) is 3.77. The lowest BCUT2D eigenvalue weighted by molar-refractivity contribution is -0.345. The fourth-order valence-corrected chi connectivity index (χ4v) is 13.4. The summed E-state index contributed by atoms with van der Waals surface area (Å²) in [6, 6.07) is 6.12. The molecule has 1 spiro atoms. The Kier molecular flexibility index (Phi) is 10.8. The molecule has 0 radical (unpaired) electrons. The van der Waals surface area contributed by atoms with E-state index in [-0.39, 0.29) is 47.5 Å². The van der Waals surface area contributed by atoms with E-state index in [0.29, 0.717) is 24.0 Å². The van der Waals surface area contributed by atoms with Crippen LogP contribution >= 0.6 is 0 Å². The monoisotopic (exact) mass is 802 g/mol. The third-order valence-electron chi connectivity index (χ3n) is 16.3. The zero-order valence-electron chi connectivity index (χ0n) is 34.2. The van der Waals surface area contributed by atoms with E-state index in [9.17, 15) is 30.0 Å². The van der Waals surface area contributed by atoms with Gasteiger partial charge in [0.1, 0.15) is 30.2 Å². The Morgan fingerprint density at radius 3 is 2.11 bits per heavy atom. The molecule has 14 nitrogen and oxygen atoms in total. The van der Waals surface area contributed by atoms with Crippen LogP contribution < -0.4 is 4.74 Å². The van der Waals surface area contributed by atoms with E-state index in [1.165, 1.54) is 45.4 Å². The molecule has 7 fully saturated rings. The lowest BCUT2D eigenvalue weighted by Gasteiger charge is -2.61. The van der Waals surface area contributed by atoms with Crippen molar-refractivity contribution in [3.05, 3.63) is 29.8 Å². The molecule has 8 rings (SSSR count). The van der Waals surface area contributed by atoms with Gasteiger partial charge in [-0.1, -0.05) is 27.7 Å². The summed E-state index contributed by atoms with van der Waals surface area (Å²) >= 11 is 0. The van der Waals surface area contributed by atoms with Crippen molar-refractivity contribution in [2.75, 3.05) is 27.4 Å². The molecule has 0 unspecified atom stereocenters. The lowest BCUT2D eigenvalue weighted by atomic mass is 9.44. The largest absolute Gasteiger partial charge is 0.497 e. The van der Waals surface area contributed by atoms with E-state index in [4.69, 9.17) is 37.9 Å². The molecule has 18 atom stereocenters. The van der Waals surface area contributed by atoms with Gasteiger partial charge in [0.2, 0.25) is 0 Å².